The van der Waals surface area contributed by atoms with E-state index in [0.717, 1.165) is 39.4 Å². The van der Waals surface area contributed by atoms with Crippen LogP contribution in [-0.4, -0.2) is 15.0 Å². The summed E-state index contributed by atoms with van der Waals surface area (Å²) in [5, 5.41) is 4.18. The predicted octanol–water partition coefficient (Wildman–Crippen LogP) is 6.03. The molecule has 2 aromatic heterocycles. The maximum Gasteiger partial charge on any atom is 0.166 e. The van der Waals surface area contributed by atoms with Gasteiger partial charge in [0.25, 0.3) is 0 Å². The fraction of sp³-hybridized carbons (Fsp3) is 0.182. The van der Waals surface area contributed by atoms with Gasteiger partial charge in [-0.05, 0) is 19.4 Å². The van der Waals surface area contributed by atoms with E-state index in [0.29, 0.717) is 0 Å². The normalized spacial score (nSPS) is 11.0. The van der Waals surface area contributed by atoms with Crippen LogP contribution < -0.4 is 0 Å². The van der Waals surface area contributed by atoms with Gasteiger partial charge in [-0.1, -0.05) is 71.9 Å². The summed E-state index contributed by atoms with van der Waals surface area (Å²) in [6, 6.07) is 19.0. The molecule has 0 saturated carbocycles. The van der Waals surface area contributed by atoms with Gasteiger partial charge in [0.15, 0.2) is 5.16 Å². The number of nitrogens with one attached hydrogen (secondary N) is 1. The summed E-state index contributed by atoms with van der Waals surface area (Å²) in [5.74, 6) is 0.820. The second-order valence-corrected chi connectivity index (χ2v) is 8.40. The van der Waals surface area contributed by atoms with E-state index in [1.54, 1.807) is 23.1 Å². The smallest absolute Gasteiger partial charge is 0.166 e. The second-order valence-electron chi connectivity index (χ2n) is 6.57. The minimum atomic E-state index is 0.820. The van der Waals surface area contributed by atoms with Crippen LogP contribution in [0.4, 0.5) is 0 Å². The Bertz CT molecular complexity index is 1020. The third-order valence-corrected chi connectivity index (χ3v) is 6.23. The molecule has 0 radical (unpaired) electrons. The van der Waals surface area contributed by atoms with E-state index in [2.05, 4.69) is 72.7 Å². The zero-order valence-corrected chi connectivity index (χ0v) is 17.0. The summed E-state index contributed by atoms with van der Waals surface area (Å²) in [5.41, 5.74) is 7.08. The molecule has 2 aromatic carbocycles. The van der Waals surface area contributed by atoms with E-state index in [9.17, 15) is 0 Å². The van der Waals surface area contributed by atoms with Gasteiger partial charge >= 0.3 is 0 Å². The van der Waals surface area contributed by atoms with Gasteiger partial charge in [-0.25, -0.2) is 9.97 Å². The van der Waals surface area contributed by atoms with Crippen LogP contribution in [0, 0.1) is 13.8 Å². The molecule has 1 N–H and O–H groups in total. The number of nitrogens with zero attached hydrogens (tertiary/aromatic N) is 2. The van der Waals surface area contributed by atoms with Gasteiger partial charge < -0.3 is 4.98 Å². The first-order valence-corrected chi connectivity index (χ1v) is 10.8. The maximum absolute atomic E-state index is 4.78. The summed E-state index contributed by atoms with van der Waals surface area (Å²) in [7, 11) is 0. The van der Waals surface area contributed by atoms with Crippen LogP contribution in [0.3, 0.4) is 0 Å². The van der Waals surface area contributed by atoms with Crippen LogP contribution in [0.2, 0.25) is 0 Å². The first-order valence-electron chi connectivity index (χ1n) is 8.91. The van der Waals surface area contributed by atoms with Crippen LogP contribution in [-0.2, 0) is 12.2 Å². The van der Waals surface area contributed by atoms with Crippen molar-refractivity contribution in [2.75, 3.05) is 0 Å². The molecule has 0 unspecified atom stereocenters. The number of aromatic nitrogens is 3. The Kier molecular flexibility index (Phi) is 5.41. The zero-order chi connectivity index (χ0) is 18.6. The predicted molar refractivity (Wildman–Crippen MR) is 114 cm³/mol. The molecule has 0 atom stereocenters. The molecule has 2 heterocycles. The monoisotopic (exact) mass is 391 g/mol. The number of hydrogen-bond donors (Lipinski definition) is 1. The molecule has 0 aliphatic carbocycles. The fourth-order valence-corrected chi connectivity index (χ4v) is 4.60. The van der Waals surface area contributed by atoms with Gasteiger partial charge in [-0.3, -0.25) is 0 Å². The first kappa shape index (κ1) is 18.0. The number of benzene rings is 2. The molecular weight excluding hydrogens is 370 g/mol. The molecule has 0 fully saturated rings. The number of H-pyrrole nitrogens is 1. The summed E-state index contributed by atoms with van der Waals surface area (Å²) < 4.78 is 0. The molecule has 0 bridgehead atoms. The number of aryl methyl sites for hydroxylation is 2. The van der Waals surface area contributed by atoms with Gasteiger partial charge in [0.1, 0.15) is 5.01 Å². The Morgan fingerprint density at radius 3 is 2.52 bits per heavy atom. The van der Waals surface area contributed by atoms with Crippen molar-refractivity contribution in [3.63, 3.8) is 0 Å². The van der Waals surface area contributed by atoms with Crippen LogP contribution in [0.5, 0.6) is 0 Å². The number of thiazole rings is 1. The average Bonchev–Trinajstić information content (AvgIpc) is 3.29. The molecule has 136 valence electrons. The van der Waals surface area contributed by atoms with Crippen LogP contribution >= 0.6 is 23.1 Å². The molecule has 0 amide bonds. The van der Waals surface area contributed by atoms with Crippen molar-refractivity contribution in [1.29, 1.82) is 0 Å². The standard InChI is InChI=1S/C22H21N3S2/c1-15-8-10-18(11-9-15)21-24-19(13-26-21)14-27-22-23-16(2)20(25-22)12-17-6-4-3-5-7-17/h3-11,13H,12,14H2,1-2H3,(H,23,25). The lowest BCUT2D eigenvalue weighted by atomic mass is 10.1. The minimum absolute atomic E-state index is 0.820. The van der Waals surface area contributed by atoms with E-state index >= 15 is 0 Å². The van der Waals surface area contributed by atoms with Gasteiger partial charge in [0, 0.05) is 28.8 Å². The second kappa shape index (κ2) is 8.11. The highest BCUT2D eigenvalue weighted by atomic mass is 32.2. The largest absolute Gasteiger partial charge is 0.337 e. The van der Waals surface area contributed by atoms with E-state index in [1.807, 2.05) is 6.07 Å². The topological polar surface area (TPSA) is 41.6 Å². The first-order chi connectivity index (χ1) is 13.2. The van der Waals surface area contributed by atoms with Gasteiger partial charge in [0.2, 0.25) is 0 Å². The van der Waals surface area contributed by atoms with E-state index in [1.165, 1.54) is 16.7 Å². The van der Waals surface area contributed by atoms with Crippen molar-refractivity contribution in [3.05, 3.63) is 88.2 Å². The van der Waals surface area contributed by atoms with Gasteiger partial charge in [-0.15, -0.1) is 11.3 Å². The Balaban J connectivity index is 1.41. The van der Waals surface area contributed by atoms with Crippen molar-refractivity contribution < 1.29 is 0 Å². The number of rotatable bonds is 6. The quantitative estimate of drug-likeness (QED) is 0.408. The van der Waals surface area contributed by atoms with Crippen LogP contribution in [0.15, 0.2) is 65.1 Å². The van der Waals surface area contributed by atoms with Crippen molar-refractivity contribution in [1.82, 2.24) is 15.0 Å². The Morgan fingerprint density at radius 2 is 1.74 bits per heavy atom. The van der Waals surface area contributed by atoms with Crippen LogP contribution in [0.1, 0.15) is 28.2 Å². The summed E-state index contributed by atoms with van der Waals surface area (Å²) in [4.78, 5) is 13.0. The number of thioether (sulfide) groups is 1. The highest BCUT2D eigenvalue weighted by molar-refractivity contribution is 7.98. The minimum Gasteiger partial charge on any atom is -0.337 e. The van der Waals surface area contributed by atoms with Gasteiger partial charge in [0.05, 0.1) is 11.4 Å². The molecule has 4 aromatic rings. The Morgan fingerprint density at radius 1 is 0.963 bits per heavy atom. The molecule has 0 aliphatic rings. The van der Waals surface area contributed by atoms with Crippen molar-refractivity contribution in [2.45, 2.75) is 31.2 Å². The summed E-state index contributed by atoms with van der Waals surface area (Å²) >= 11 is 3.41. The number of aromatic amines is 1. The van der Waals surface area contributed by atoms with E-state index in [4.69, 9.17) is 9.97 Å². The molecule has 0 saturated heterocycles. The molecule has 0 spiro atoms. The van der Waals surface area contributed by atoms with Gasteiger partial charge in [-0.2, -0.15) is 0 Å². The molecule has 27 heavy (non-hydrogen) atoms. The molecule has 3 nitrogen and oxygen atoms in total. The molecule has 4 rings (SSSR count). The fourth-order valence-electron chi connectivity index (χ4n) is 2.84. The third kappa shape index (κ3) is 4.49. The van der Waals surface area contributed by atoms with Crippen molar-refractivity contribution >= 4 is 23.1 Å². The SMILES string of the molecule is Cc1ccc(-c2nc(CSc3nc(Cc4ccccc4)c(C)[nH]3)cs2)cc1. The van der Waals surface area contributed by atoms with Crippen molar-refractivity contribution in [3.8, 4) is 10.6 Å². The molecule has 0 aliphatic heterocycles. The lowest BCUT2D eigenvalue weighted by molar-refractivity contribution is 1.01. The highest BCUT2D eigenvalue weighted by Gasteiger charge is 2.10. The summed E-state index contributed by atoms with van der Waals surface area (Å²) in [6.45, 7) is 4.19. The Labute approximate surface area is 167 Å². The molecular formula is C22H21N3S2. The number of imidazole rings is 1. The third-order valence-electron chi connectivity index (χ3n) is 4.39. The lowest BCUT2D eigenvalue weighted by Gasteiger charge is -1.98. The maximum atomic E-state index is 4.78. The average molecular weight is 392 g/mol. The van der Waals surface area contributed by atoms with E-state index in [-0.39, 0.29) is 0 Å². The summed E-state index contributed by atoms with van der Waals surface area (Å²) in [6.07, 6.45) is 0.859. The number of hydrogen-bond acceptors (Lipinski definition) is 4. The van der Waals surface area contributed by atoms with Crippen LogP contribution in [0.25, 0.3) is 10.6 Å². The van der Waals surface area contributed by atoms with E-state index < -0.39 is 0 Å². The highest BCUT2D eigenvalue weighted by Crippen LogP contribution is 2.28. The Hall–Kier alpha value is -2.37. The van der Waals surface area contributed by atoms with Crippen molar-refractivity contribution in [2.24, 2.45) is 0 Å². The zero-order valence-electron chi connectivity index (χ0n) is 15.4. The molecule has 5 heteroatoms. The lowest BCUT2D eigenvalue weighted by Crippen LogP contribution is -1.90.